The van der Waals surface area contributed by atoms with E-state index in [2.05, 4.69) is 46.9 Å². The molecule has 1 aromatic carbocycles. The molecule has 0 unspecified atom stereocenters. The average molecular weight is 234 g/mol. The van der Waals surface area contributed by atoms with E-state index in [1.807, 2.05) is 18.4 Å². The average Bonchev–Trinajstić information content (AvgIpc) is 2.70. The van der Waals surface area contributed by atoms with Crippen LogP contribution in [0.3, 0.4) is 0 Å². The van der Waals surface area contributed by atoms with Crippen molar-refractivity contribution < 1.29 is 0 Å². The first-order valence-electron chi connectivity index (χ1n) is 5.59. The van der Waals surface area contributed by atoms with Crippen molar-refractivity contribution >= 4 is 21.4 Å². The zero-order valence-electron chi connectivity index (χ0n) is 9.86. The quantitative estimate of drug-likeness (QED) is 0.855. The molecule has 16 heavy (non-hydrogen) atoms. The van der Waals surface area contributed by atoms with Gasteiger partial charge in [-0.05, 0) is 36.5 Å². The lowest BCUT2D eigenvalue weighted by Gasteiger charge is -2.15. The van der Waals surface area contributed by atoms with Crippen LogP contribution in [-0.4, -0.2) is 32.1 Å². The van der Waals surface area contributed by atoms with E-state index in [1.165, 1.54) is 15.6 Å². The van der Waals surface area contributed by atoms with Gasteiger partial charge in [0, 0.05) is 24.3 Å². The van der Waals surface area contributed by atoms with Crippen molar-refractivity contribution in [1.29, 1.82) is 0 Å². The molecular weight excluding hydrogens is 216 g/mol. The van der Waals surface area contributed by atoms with E-state index in [0.29, 0.717) is 0 Å². The summed E-state index contributed by atoms with van der Waals surface area (Å²) in [5.74, 6) is 0. The fourth-order valence-corrected chi connectivity index (χ4v) is 2.78. The third-order valence-corrected chi connectivity index (χ3v) is 3.76. The van der Waals surface area contributed by atoms with Gasteiger partial charge < -0.3 is 10.2 Å². The lowest BCUT2D eigenvalue weighted by molar-refractivity contribution is 0.329. The largest absolute Gasteiger partial charge is 0.318 e. The van der Waals surface area contributed by atoms with Gasteiger partial charge in [-0.25, -0.2) is 0 Å². The molecule has 86 valence electrons. The normalized spacial score (nSPS) is 11.4. The first-order chi connectivity index (χ1) is 7.81. The molecule has 0 saturated carbocycles. The fraction of sp³-hybridized carbons (Fsp3) is 0.385. The lowest BCUT2D eigenvalue weighted by Crippen LogP contribution is -2.26. The van der Waals surface area contributed by atoms with Crippen molar-refractivity contribution in [1.82, 2.24) is 10.2 Å². The van der Waals surface area contributed by atoms with Crippen molar-refractivity contribution in [3.05, 3.63) is 35.2 Å². The Morgan fingerprint density at radius 1 is 1.31 bits per heavy atom. The van der Waals surface area contributed by atoms with Crippen LogP contribution in [0.4, 0.5) is 0 Å². The first-order valence-corrected chi connectivity index (χ1v) is 6.47. The van der Waals surface area contributed by atoms with E-state index in [-0.39, 0.29) is 0 Å². The summed E-state index contributed by atoms with van der Waals surface area (Å²) in [5.41, 5.74) is 1.44. The van der Waals surface area contributed by atoms with Crippen molar-refractivity contribution in [3.8, 4) is 0 Å². The maximum absolute atomic E-state index is 3.18. The standard InChI is InChI=1S/C13H18N2S/c1-14-7-8-15(2)9-11-10-16-13-6-4-3-5-12(11)13/h3-6,10,14H,7-9H2,1-2H3. The number of hydrogen-bond donors (Lipinski definition) is 1. The summed E-state index contributed by atoms with van der Waals surface area (Å²) in [6, 6.07) is 8.63. The van der Waals surface area contributed by atoms with Crippen LogP contribution in [0.15, 0.2) is 29.6 Å². The highest BCUT2D eigenvalue weighted by Crippen LogP contribution is 2.26. The van der Waals surface area contributed by atoms with Crippen LogP contribution in [0.1, 0.15) is 5.56 Å². The molecule has 2 aromatic rings. The molecule has 0 fully saturated rings. The molecule has 0 saturated heterocycles. The Hall–Kier alpha value is -0.900. The molecule has 1 aromatic heterocycles. The fourth-order valence-electron chi connectivity index (χ4n) is 1.83. The molecule has 2 rings (SSSR count). The van der Waals surface area contributed by atoms with Crippen LogP contribution < -0.4 is 5.32 Å². The van der Waals surface area contributed by atoms with Crippen LogP contribution in [0.5, 0.6) is 0 Å². The highest BCUT2D eigenvalue weighted by Gasteiger charge is 2.05. The summed E-state index contributed by atoms with van der Waals surface area (Å²) < 4.78 is 1.39. The van der Waals surface area contributed by atoms with Gasteiger partial charge >= 0.3 is 0 Å². The number of likely N-dealkylation sites (N-methyl/N-ethyl adjacent to an activating group) is 2. The van der Waals surface area contributed by atoms with Gasteiger partial charge in [0.25, 0.3) is 0 Å². The summed E-state index contributed by atoms with van der Waals surface area (Å²) in [7, 11) is 4.16. The summed E-state index contributed by atoms with van der Waals surface area (Å²) in [4.78, 5) is 2.35. The van der Waals surface area contributed by atoms with Crippen LogP contribution in [0.25, 0.3) is 10.1 Å². The molecule has 0 aliphatic carbocycles. The topological polar surface area (TPSA) is 15.3 Å². The molecule has 0 atom stereocenters. The Morgan fingerprint density at radius 2 is 2.12 bits per heavy atom. The maximum Gasteiger partial charge on any atom is 0.0346 e. The Morgan fingerprint density at radius 3 is 2.94 bits per heavy atom. The second-order valence-electron chi connectivity index (χ2n) is 4.10. The molecule has 0 spiro atoms. The van der Waals surface area contributed by atoms with Gasteiger partial charge in [-0.2, -0.15) is 0 Å². The predicted octanol–water partition coefficient (Wildman–Crippen LogP) is 2.55. The molecule has 0 amide bonds. The van der Waals surface area contributed by atoms with E-state index in [0.717, 1.165) is 19.6 Å². The molecule has 1 heterocycles. The van der Waals surface area contributed by atoms with Crippen LogP contribution in [0, 0.1) is 0 Å². The highest BCUT2D eigenvalue weighted by molar-refractivity contribution is 7.17. The zero-order chi connectivity index (χ0) is 11.4. The first kappa shape index (κ1) is 11.6. The molecule has 2 nitrogen and oxygen atoms in total. The minimum Gasteiger partial charge on any atom is -0.318 e. The van der Waals surface area contributed by atoms with Crippen molar-refractivity contribution in [2.75, 3.05) is 27.2 Å². The van der Waals surface area contributed by atoms with Crippen LogP contribution in [-0.2, 0) is 6.54 Å². The molecule has 0 aliphatic rings. The van der Waals surface area contributed by atoms with Gasteiger partial charge in [0.1, 0.15) is 0 Å². The summed E-state index contributed by atoms with van der Waals surface area (Å²) >= 11 is 1.84. The Balaban J connectivity index is 2.09. The van der Waals surface area contributed by atoms with E-state index in [9.17, 15) is 0 Å². The van der Waals surface area contributed by atoms with E-state index < -0.39 is 0 Å². The van der Waals surface area contributed by atoms with Crippen molar-refractivity contribution in [2.24, 2.45) is 0 Å². The van der Waals surface area contributed by atoms with E-state index in [4.69, 9.17) is 0 Å². The van der Waals surface area contributed by atoms with Crippen molar-refractivity contribution in [3.63, 3.8) is 0 Å². The third-order valence-electron chi connectivity index (χ3n) is 2.74. The molecular formula is C13H18N2S. The van der Waals surface area contributed by atoms with E-state index >= 15 is 0 Å². The number of fused-ring (bicyclic) bond motifs is 1. The molecule has 0 bridgehead atoms. The number of rotatable bonds is 5. The smallest absolute Gasteiger partial charge is 0.0346 e. The van der Waals surface area contributed by atoms with Gasteiger partial charge in [-0.3, -0.25) is 0 Å². The maximum atomic E-state index is 3.18. The van der Waals surface area contributed by atoms with E-state index in [1.54, 1.807) is 0 Å². The SMILES string of the molecule is CNCCN(C)Cc1csc2ccccc12. The van der Waals surface area contributed by atoms with Gasteiger partial charge in [0.15, 0.2) is 0 Å². The molecule has 1 N–H and O–H groups in total. The predicted molar refractivity (Wildman–Crippen MR) is 72.1 cm³/mol. The second-order valence-corrected chi connectivity index (χ2v) is 5.01. The summed E-state index contributed by atoms with van der Waals surface area (Å²) in [6.07, 6.45) is 0. The van der Waals surface area contributed by atoms with Crippen molar-refractivity contribution in [2.45, 2.75) is 6.54 Å². The second kappa shape index (κ2) is 5.43. The summed E-state index contributed by atoms with van der Waals surface area (Å²) in [5, 5.41) is 6.86. The minimum atomic E-state index is 1.03. The van der Waals surface area contributed by atoms with Crippen LogP contribution >= 0.6 is 11.3 Å². The number of hydrogen-bond acceptors (Lipinski definition) is 3. The van der Waals surface area contributed by atoms with Gasteiger partial charge in [0.05, 0.1) is 0 Å². The monoisotopic (exact) mass is 234 g/mol. The molecule has 0 aliphatic heterocycles. The number of nitrogens with zero attached hydrogens (tertiary/aromatic N) is 1. The van der Waals surface area contributed by atoms with Gasteiger partial charge in [-0.15, -0.1) is 11.3 Å². The minimum absolute atomic E-state index is 1.03. The Bertz CT molecular complexity index is 450. The molecule has 3 heteroatoms. The van der Waals surface area contributed by atoms with Crippen LogP contribution in [0.2, 0.25) is 0 Å². The Kier molecular flexibility index (Phi) is 3.93. The lowest BCUT2D eigenvalue weighted by atomic mass is 10.2. The van der Waals surface area contributed by atoms with Gasteiger partial charge in [0.2, 0.25) is 0 Å². The Labute approximate surface area is 101 Å². The number of benzene rings is 1. The highest BCUT2D eigenvalue weighted by atomic mass is 32.1. The number of thiophene rings is 1. The van der Waals surface area contributed by atoms with Gasteiger partial charge in [-0.1, -0.05) is 18.2 Å². The molecule has 0 radical (unpaired) electrons. The number of nitrogens with one attached hydrogen (secondary N) is 1. The third kappa shape index (κ3) is 2.61. The zero-order valence-corrected chi connectivity index (χ0v) is 10.7. The summed E-state index contributed by atoms with van der Waals surface area (Å²) in [6.45, 7) is 3.16.